The average molecular weight is 905 g/mol. The van der Waals surface area contributed by atoms with Gasteiger partial charge in [0.15, 0.2) is 0 Å². The summed E-state index contributed by atoms with van der Waals surface area (Å²) in [4.78, 5) is 146. The Kier molecular flexibility index (Phi) is 19.5. The Morgan fingerprint density at radius 1 is 0.469 bits per heavy atom. The number of nitrogens with zero attached hydrogens (tertiary/aromatic N) is 8. The van der Waals surface area contributed by atoms with Crippen molar-refractivity contribution in [3.63, 3.8) is 0 Å². The average Bonchev–Trinajstić information content (AvgIpc) is 3.25. The van der Waals surface area contributed by atoms with Crippen LogP contribution in [0.1, 0.15) is 66.2 Å². The van der Waals surface area contributed by atoms with Crippen LogP contribution in [0.4, 0.5) is 0 Å². The zero-order chi connectivity index (χ0) is 48.3. The summed E-state index contributed by atoms with van der Waals surface area (Å²) in [7, 11) is 8.52. The van der Waals surface area contributed by atoms with Crippen LogP contribution in [0.15, 0.2) is 0 Å². The number of fused-ring (bicyclic) bond motifs is 2. The predicted octanol–water partition coefficient (Wildman–Crippen LogP) is -3.55. The van der Waals surface area contributed by atoms with Gasteiger partial charge >= 0.3 is 0 Å². The van der Waals surface area contributed by atoms with Crippen LogP contribution >= 0.6 is 0 Å². The van der Waals surface area contributed by atoms with Crippen LogP contribution in [0.5, 0.6) is 0 Å². The van der Waals surface area contributed by atoms with Gasteiger partial charge in [-0.3, -0.25) is 47.9 Å². The van der Waals surface area contributed by atoms with Gasteiger partial charge in [-0.2, -0.15) is 0 Å². The Hall–Kier alpha value is -5.38. The first-order valence-electron chi connectivity index (χ1n) is 22.1. The lowest BCUT2D eigenvalue weighted by Crippen LogP contribution is -2.60. The third-order valence-corrected chi connectivity index (χ3v) is 12.3. The first kappa shape index (κ1) is 53.0. The van der Waals surface area contributed by atoms with E-state index in [1.54, 1.807) is 27.7 Å². The van der Waals surface area contributed by atoms with E-state index >= 15 is 0 Å². The van der Waals surface area contributed by atoms with Gasteiger partial charge in [0.2, 0.25) is 59.1 Å². The molecule has 3 fully saturated rings. The van der Waals surface area contributed by atoms with Crippen molar-refractivity contribution >= 4 is 59.1 Å². The monoisotopic (exact) mass is 905 g/mol. The van der Waals surface area contributed by atoms with Crippen molar-refractivity contribution in [3.8, 4) is 0 Å². The second-order valence-corrected chi connectivity index (χ2v) is 18.1. The molecule has 6 atom stereocenters. The highest BCUT2D eigenvalue weighted by molar-refractivity contribution is 5.96. The van der Waals surface area contributed by atoms with Crippen molar-refractivity contribution in [2.75, 3.05) is 94.6 Å². The van der Waals surface area contributed by atoms with Gasteiger partial charge in [0.1, 0.15) is 36.3 Å². The van der Waals surface area contributed by atoms with Gasteiger partial charge in [-0.25, -0.2) is 0 Å². The molecule has 64 heavy (non-hydrogen) atoms. The highest BCUT2D eigenvalue weighted by Gasteiger charge is 2.40. The zero-order valence-electron chi connectivity index (χ0n) is 39.3. The largest absolute Gasteiger partial charge is 0.345 e. The molecule has 3 aliphatic heterocycles. The van der Waals surface area contributed by atoms with Crippen LogP contribution in [0.2, 0.25) is 0 Å². The van der Waals surface area contributed by atoms with Crippen molar-refractivity contribution in [1.29, 1.82) is 0 Å². The molecule has 6 N–H and O–H groups in total. The fraction of sp³-hybridized carbons (Fsp3) is 0.762. The molecule has 0 unspecified atom stereocenters. The lowest BCUT2D eigenvalue weighted by molar-refractivity contribution is -0.149. The Morgan fingerprint density at radius 2 is 0.797 bits per heavy atom. The van der Waals surface area contributed by atoms with Crippen molar-refractivity contribution < 1.29 is 47.9 Å². The second-order valence-electron chi connectivity index (χ2n) is 18.1. The fourth-order valence-corrected chi connectivity index (χ4v) is 8.48. The number of likely N-dealkylation sites (N-methyl/N-ethyl adjacent to an activating group) is 6. The van der Waals surface area contributed by atoms with E-state index < -0.39 is 133 Å². The van der Waals surface area contributed by atoms with Crippen molar-refractivity contribution in [2.24, 2.45) is 23.3 Å². The van der Waals surface area contributed by atoms with Crippen LogP contribution in [-0.4, -0.2) is 229 Å². The van der Waals surface area contributed by atoms with Crippen LogP contribution in [0.3, 0.4) is 0 Å². The number of carbonyl (C=O) groups excluding carboxylic acids is 10. The number of nitrogens with one attached hydrogen (secondary N) is 2. The highest BCUT2D eigenvalue weighted by atomic mass is 16.2. The molecule has 0 aromatic rings. The third-order valence-electron chi connectivity index (χ3n) is 12.3. The SMILES string of the molecule is CC(C)[C@H]1C(=O)N(C)C[C@@H](N)C(=O)N2CCCC[C@H]2C(=O)NCC(=O)N(C)CC(=O)N(C)[C@@H](C(C)C)C(=O)N(C)C[C@@H](N)C(=O)N2CCCC[C@H]2C(=O)NCC(=O)N(C)CC(=O)N1C. The molecule has 0 bridgehead atoms. The molecule has 360 valence electrons. The van der Waals surface area contributed by atoms with E-state index in [2.05, 4.69) is 10.6 Å². The van der Waals surface area contributed by atoms with Crippen LogP contribution < -0.4 is 22.1 Å². The first-order chi connectivity index (χ1) is 29.9. The molecule has 3 rings (SSSR count). The Bertz CT molecular complexity index is 1640. The Morgan fingerprint density at radius 3 is 1.11 bits per heavy atom. The number of carbonyl (C=O) groups is 10. The lowest BCUT2D eigenvalue weighted by Gasteiger charge is -2.38. The molecule has 0 saturated carbocycles. The third kappa shape index (κ3) is 13.3. The molecule has 0 aromatic carbocycles. The highest BCUT2D eigenvalue weighted by Crippen LogP contribution is 2.21. The number of rotatable bonds is 2. The summed E-state index contributed by atoms with van der Waals surface area (Å²) >= 11 is 0. The first-order valence-corrected chi connectivity index (χ1v) is 22.1. The fourth-order valence-electron chi connectivity index (χ4n) is 8.48. The van der Waals surface area contributed by atoms with Gasteiger partial charge in [0.05, 0.1) is 26.2 Å². The van der Waals surface area contributed by atoms with E-state index in [4.69, 9.17) is 11.5 Å². The van der Waals surface area contributed by atoms with Gasteiger partial charge in [-0.1, -0.05) is 27.7 Å². The molecule has 22 nitrogen and oxygen atoms in total. The number of amides is 10. The standard InChI is InChI=1S/C42H72N12O10/c1-25(2)35-41(63)49(7)21-27(43)39(61)53-17-13-11-15-29(53)37(59)46-20-32(56)48(6)24-34(58)52(10)36(26(3)4)42(64)50(8)22-28(44)40(62)54-18-14-12-16-30(54)38(60)45-19-31(55)47(5)23-33(57)51(35)9/h25-30,35-36H,11-24,43-44H2,1-10H3,(H,45,60)(H,46,59)/t27-,28-,29+,30+,35+,36+/m1/s1. The van der Waals surface area contributed by atoms with E-state index in [1.165, 1.54) is 71.7 Å². The van der Waals surface area contributed by atoms with Gasteiger partial charge in [-0.15, -0.1) is 0 Å². The van der Waals surface area contributed by atoms with Gasteiger partial charge in [0.25, 0.3) is 0 Å². The van der Waals surface area contributed by atoms with Gasteiger partial charge in [0, 0.05) is 68.5 Å². The maximum atomic E-state index is 13.9. The quantitative estimate of drug-likeness (QED) is 0.210. The molecule has 0 aliphatic carbocycles. The van der Waals surface area contributed by atoms with Crippen LogP contribution in [0, 0.1) is 11.8 Å². The van der Waals surface area contributed by atoms with Crippen molar-refractivity contribution in [3.05, 3.63) is 0 Å². The molecular formula is C42H72N12O10. The van der Waals surface area contributed by atoms with E-state index in [0.29, 0.717) is 38.5 Å². The minimum Gasteiger partial charge on any atom is -0.345 e. The maximum Gasteiger partial charge on any atom is 0.245 e. The van der Waals surface area contributed by atoms with Crippen LogP contribution in [-0.2, 0) is 47.9 Å². The maximum absolute atomic E-state index is 13.9. The van der Waals surface area contributed by atoms with E-state index in [1.807, 2.05) is 0 Å². The van der Waals surface area contributed by atoms with Gasteiger partial charge < -0.3 is 61.3 Å². The molecule has 3 aliphatic rings. The topological polar surface area (TPSA) is 273 Å². The normalized spacial score (nSPS) is 27.7. The summed E-state index contributed by atoms with van der Waals surface area (Å²) in [5.74, 6) is -6.50. The van der Waals surface area contributed by atoms with E-state index in [0.717, 1.165) is 9.80 Å². The minimum atomic E-state index is -1.24. The summed E-state index contributed by atoms with van der Waals surface area (Å²) in [5.41, 5.74) is 12.8. The molecule has 10 amide bonds. The summed E-state index contributed by atoms with van der Waals surface area (Å²) in [6, 6.07) is -6.39. The molecule has 0 spiro atoms. The summed E-state index contributed by atoms with van der Waals surface area (Å²) in [6.45, 7) is 5.08. The van der Waals surface area contributed by atoms with Gasteiger partial charge in [-0.05, 0) is 50.4 Å². The molecule has 0 radical (unpaired) electrons. The smallest absolute Gasteiger partial charge is 0.245 e. The molecule has 22 heteroatoms. The molecule has 3 saturated heterocycles. The van der Waals surface area contributed by atoms with Crippen LogP contribution in [0.25, 0.3) is 0 Å². The number of nitrogens with two attached hydrogens (primary N) is 2. The summed E-state index contributed by atoms with van der Waals surface area (Å²) < 4.78 is 0. The minimum absolute atomic E-state index is 0.213. The zero-order valence-corrected chi connectivity index (χ0v) is 39.3. The molecular weight excluding hydrogens is 833 g/mol. The second kappa shape index (κ2) is 23.5. The van der Waals surface area contributed by atoms with E-state index in [9.17, 15) is 47.9 Å². The summed E-state index contributed by atoms with van der Waals surface area (Å²) in [6.07, 6.45) is 3.05. The summed E-state index contributed by atoms with van der Waals surface area (Å²) in [5, 5.41) is 5.17. The Labute approximate surface area is 376 Å². The molecule has 0 aromatic heterocycles. The Balaban J connectivity index is 1.92. The number of hydrogen-bond donors (Lipinski definition) is 4. The predicted molar refractivity (Wildman–Crippen MR) is 234 cm³/mol. The molecule has 3 heterocycles. The van der Waals surface area contributed by atoms with E-state index in [-0.39, 0.29) is 26.2 Å². The number of hydrogen-bond acceptors (Lipinski definition) is 12. The number of piperidine rings is 2. The van der Waals surface area contributed by atoms with Crippen molar-refractivity contribution in [2.45, 2.75) is 102 Å². The lowest BCUT2D eigenvalue weighted by atomic mass is 9.99. The van der Waals surface area contributed by atoms with Crippen molar-refractivity contribution in [1.82, 2.24) is 49.8 Å².